The van der Waals surface area contributed by atoms with Crippen LogP contribution in [0.25, 0.3) is 0 Å². The topological polar surface area (TPSA) is 32.6 Å². The van der Waals surface area contributed by atoms with Crippen molar-refractivity contribution in [3.8, 4) is 0 Å². The smallest absolute Gasteiger partial charge is 0.211 e. The maximum absolute atomic E-state index is 8.69. The molecule has 0 unspecified atom stereocenters. The summed E-state index contributed by atoms with van der Waals surface area (Å²) in [6.07, 6.45) is 3.10. The van der Waals surface area contributed by atoms with Gasteiger partial charge < -0.3 is 5.11 Å². The first-order valence-corrected chi connectivity index (χ1v) is 3.07. The van der Waals surface area contributed by atoms with Crippen LogP contribution in [0.5, 0.6) is 0 Å². The van der Waals surface area contributed by atoms with E-state index in [1.165, 1.54) is 11.8 Å². The average Bonchev–Trinajstić information content (AvgIpc) is 1.94. The molecule has 0 saturated heterocycles. The first-order valence-electron chi connectivity index (χ1n) is 2.13. The monoisotopic (exact) mass is 127 g/mol. The van der Waals surface area contributed by atoms with Gasteiger partial charge in [-0.1, -0.05) is 0 Å². The molecule has 1 N–H and O–H groups in total. The highest BCUT2D eigenvalue weighted by atomic mass is 32.2. The van der Waals surface area contributed by atoms with Crippen molar-refractivity contribution in [2.75, 3.05) is 0 Å². The quantitative estimate of drug-likeness (QED) is 0.537. The van der Waals surface area contributed by atoms with Crippen molar-refractivity contribution in [2.24, 2.45) is 4.99 Å². The van der Waals surface area contributed by atoms with E-state index in [0.29, 0.717) is 0 Å². The van der Waals surface area contributed by atoms with Crippen molar-refractivity contribution in [3.05, 3.63) is 23.1 Å². The van der Waals surface area contributed by atoms with Crippen molar-refractivity contribution < 1.29 is 5.11 Å². The maximum atomic E-state index is 8.69. The highest BCUT2D eigenvalue weighted by molar-refractivity contribution is 8.04. The summed E-state index contributed by atoms with van der Waals surface area (Å²) in [4.78, 5) is 3.61. The van der Waals surface area contributed by atoms with Crippen LogP contribution in [-0.4, -0.2) is 11.0 Å². The van der Waals surface area contributed by atoms with Crippen LogP contribution in [0.3, 0.4) is 0 Å². The minimum atomic E-state index is 0.0613. The summed E-state index contributed by atoms with van der Waals surface area (Å²) >= 11 is 1.48. The average molecular weight is 127 g/mol. The molecule has 1 aliphatic heterocycles. The van der Waals surface area contributed by atoms with E-state index in [0.717, 1.165) is 0 Å². The number of thioether (sulfide) groups is 1. The zero-order valence-corrected chi connectivity index (χ0v) is 4.93. The van der Waals surface area contributed by atoms with E-state index in [9.17, 15) is 0 Å². The summed E-state index contributed by atoms with van der Waals surface area (Å²) in [6, 6.07) is 0. The lowest BCUT2D eigenvalue weighted by atomic mass is 10.6. The fourth-order valence-corrected chi connectivity index (χ4v) is 0.753. The third-order valence-electron chi connectivity index (χ3n) is 0.642. The predicted molar refractivity (Wildman–Crippen MR) is 35.9 cm³/mol. The lowest BCUT2D eigenvalue weighted by Crippen LogP contribution is -1.84. The van der Waals surface area contributed by atoms with Crippen LogP contribution < -0.4 is 0 Å². The van der Waals surface area contributed by atoms with Crippen molar-refractivity contribution >= 4 is 17.7 Å². The van der Waals surface area contributed by atoms with Crippen LogP contribution in [0.15, 0.2) is 28.1 Å². The third-order valence-corrected chi connectivity index (χ3v) is 1.21. The third kappa shape index (κ3) is 1.42. The van der Waals surface area contributed by atoms with Crippen molar-refractivity contribution in [2.45, 2.75) is 0 Å². The largest absolute Gasteiger partial charge is 0.493 e. The molecule has 3 heteroatoms. The maximum Gasteiger partial charge on any atom is 0.211 e. The van der Waals surface area contributed by atoms with Gasteiger partial charge in [0.2, 0.25) is 5.90 Å². The van der Waals surface area contributed by atoms with Crippen LogP contribution in [-0.2, 0) is 0 Å². The highest BCUT2D eigenvalue weighted by Crippen LogP contribution is 2.06. The Morgan fingerprint density at radius 1 is 1.50 bits per heavy atom. The molecule has 0 aromatic carbocycles. The Morgan fingerprint density at radius 2 is 2.38 bits per heavy atom. The molecule has 0 radical (unpaired) electrons. The predicted octanol–water partition coefficient (Wildman–Crippen LogP) is 1.67. The summed E-state index contributed by atoms with van der Waals surface area (Å²) < 4.78 is 0. The summed E-state index contributed by atoms with van der Waals surface area (Å²) in [6.45, 7) is 0. The SMILES string of the molecule is OC1=NC=CSC=C1. The molecule has 8 heavy (non-hydrogen) atoms. The molecule has 0 amide bonds. The minimum absolute atomic E-state index is 0.0613. The van der Waals surface area contributed by atoms with Gasteiger partial charge in [0, 0.05) is 12.3 Å². The lowest BCUT2D eigenvalue weighted by molar-refractivity contribution is 0.558. The molecule has 1 aliphatic rings. The highest BCUT2D eigenvalue weighted by Gasteiger charge is 1.85. The summed E-state index contributed by atoms with van der Waals surface area (Å²) in [7, 11) is 0. The van der Waals surface area contributed by atoms with Gasteiger partial charge in [0.15, 0.2) is 0 Å². The number of hydrogen-bond acceptors (Lipinski definition) is 2. The first-order chi connectivity index (χ1) is 3.89. The molecule has 0 fully saturated rings. The number of aliphatic hydroxyl groups excluding tert-OH is 1. The second-order valence-electron chi connectivity index (χ2n) is 1.21. The molecule has 0 aromatic rings. The fraction of sp³-hybridized carbons (Fsp3) is 0. The van der Waals surface area contributed by atoms with Crippen LogP contribution >= 0.6 is 11.8 Å². The van der Waals surface area contributed by atoms with E-state index < -0.39 is 0 Å². The van der Waals surface area contributed by atoms with E-state index in [1.54, 1.807) is 23.1 Å². The Hall–Kier alpha value is -0.700. The van der Waals surface area contributed by atoms with Gasteiger partial charge in [-0.3, -0.25) is 0 Å². The summed E-state index contributed by atoms with van der Waals surface area (Å²) in [5.74, 6) is 0.0613. The van der Waals surface area contributed by atoms with Crippen molar-refractivity contribution in [1.82, 2.24) is 0 Å². The zero-order chi connectivity index (χ0) is 5.82. The molecule has 1 rings (SSSR count). The Labute approximate surface area is 51.6 Å². The Morgan fingerprint density at radius 3 is 3.25 bits per heavy atom. The molecule has 0 saturated carbocycles. The molecule has 1 heterocycles. The standard InChI is InChI=1S/C5H5NOS/c7-5-1-3-8-4-2-6-5/h1-4H,(H,6,7). The number of aliphatic imine (C=N–C) groups is 1. The van der Waals surface area contributed by atoms with Crippen molar-refractivity contribution in [1.29, 1.82) is 0 Å². The number of aliphatic hydroxyl groups is 1. The zero-order valence-electron chi connectivity index (χ0n) is 4.11. The molecule has 0 aliphatic carbocycles. The van der Waals surface area contributed by atoms with Gasteiger partial charge in [-0.15, -0.1) is 11.8 Å². The van der Waals surface area contributed by atoms with Crippen LogP contribution in [0, 0.1) is 0 Å². The molecule has 0 atom stereocenters. The first kappa shape index (κ1) is 5.44. The Kier molecular flexibility index (Phi) is 1.75. The van der Waals surface area contributed by atoms with E-state index in [2.05, 4.69) is 4.99 Å². The molecule has 0 aromatic heterocycles. The van der Waals surface area contributed by atoms with Gasteiger partial charge in [0.05, 0.1) is 0 Å². The van der Waals surface area contributed by atoms with Crippen LogP contribution in [0.2, 0.25) is 0 Å². The normalized spacial score (nSPS) is 17.8. The number of nitrogens with zero attached hydrogens (tertiary/aromatic N) is 1. The number of rotatable bonds is 0. The van der Waals surface area contributed by atoms with Crippen molar-refractivity contribution in [3.63, 3.8) is 0 Å². The molecular weight excluding hydrogens is 122 g/mol. The second kappa shape index (κ2) is 2.57. The number of hydrogen-bond donors (Lipinski definition) is 1. The molecular formula is C5H5NOS. The summed E-state index contributed by atoms with van der Waals surface area (Å²) in [5.41, 5.74) is 0. The fourth-order valence-electron chi connectivity index (χ4n) is 0.330. The second-order valence-corrected chi connectivity index (χ2v) is 2.03. The molecule has 2 nitrogen and oxygen atoms in total. The molecule has 0 bridgehead atoms. The van der Waals surface area contributed by atoms with Crippen LogP contribution in [0.4, 0.5) is 0 Å². The van der Waals surface area contributed by atoms with Crippen LogP contribution in [0.1, 0.15) is 0 Å². The van der Waals surface area contributed by atoms with Gasteiger partial charge in [-0.25, -0.2) is 4.99 Å². The van der Waals surface area contributed by atoms with Gasteiger partial charge in [-0.05, 0) is 10.8 Å². The van der Waals surface area contributed by atoms with Gasteiger partial charge >= 0.3 is 0 Å². The minimum Gasteiger partial charge on any atom is -0.493 e. The lowest BCUT2D eigenvalue weighted by Gasteiger charge is -1.79. The van der Waals surface area contributed by atoms with E-state index in [-0.39, 0.29) is 5.90 Å². The molecule has 42 valence electrons. The van der Waals surface area contributed by atoms with E-state index in [1.807, 2.05) is 0 Å². The molecule has 0 spiro atoms. The van der Waals surface area contributed by atoms with Gasteiger partial charge in [0.1, 0.15) is 0 Å². The summed E-state index contributed by atoms with van der Waals surface area (Å²) in [5, 5.41) is 12.2. The Balaban J connectivity index is 2.73. The van der Waals surface area contributed by atoms with Gasteiger partial charge in [0.25, 0.3) is 0 Å². The van der Waals surface area contributed by atoms with E-state index in [4.69, 9.17) is 5.11 Å². The Bertz CT molecular complexity index is 160. The van der Waals surface area contributed by atoms with Gasteiger partial charge in [-0.2, -0.15) is 0 Å². The van der Waals surface area contributed by atoms with E-state index >= 15 is 0 Å².